The molecule has 0 aromatic heterocycles. The predicted octanol–water partition coefficient (Wildman–Crippen LogP) is 3.93. The average Bonchev–Trinajstić information content (AvgIpc) is 2.88. The zero-order valence-corrected chi connectivity index (χ0v) is 15.7. The maximum atomic E-state index is 12.1. The normalized spacial score (nSPS) is 21.1. The molecule has 1 aliphatic heterocycles. The van der Waals surface area contributed by atoms with Crippen molar-refractivity contribution in [1.29, 1.82) is 0 Å². The Labute approximate surface area is 149 Å². The first-order chi connectivity index (χ1) is 11.3. The van der Waals surface area contributed by atoms with Gasteiger partial charge in [-0.1, -0.05) is 30.3 Å². The van der Waals surface area contributed by atoms with E-state index in [1.165, 1.54) is 5.56 Å². The summed E-state index contributed by atoms with van der Waals surface area (Å²) in [5.41, 5.74) is 0.855. The van der Waals surface area contributed by atoms with E-state index >= 15 is 0 Å². The van der Waals surface area contributed by atoms with Crippen molar-refractivity contribution in [3.63, 3.8) is 0 Å². The van der Waals surface area contributed by atoms with Gasteiger partial charge in [-0.15, -0.1) is 0 Å². The Balaban J connectivity index is 1.65. The quantitative estimate of drug-likeness (QED) is 0.789. The number of carbonyl (C=O) groups excluding carboxylic acids is 1. The lowest BCUT2D eigenvalue weighted by Crippen LogP contribution is -2.35. The molecule has 1 saturated heterocycles. The Morgan fingerprint density at radius 2 is 2.00 bits per heavy atom. The van der Waals surface area contributed by atoms with Crippen molar-refractivity contribution in [2.24, 2.45) is 5.92 Å². The Hall–Kier alpha value is -1.20. The summed E-state index contributed by atoms with van der Waals surface area (Å²) in [5, 5.41) is 10.2. The number of thioether (sulfide) groups is 1. The maximum absolute atomic E-state index is 12.1. The van der Waals surface area contributed by atoms with Crippen LogP contribution in [0.15, 0.2) is 30.3 Å². The molecular formula is C19H29NO3S. The highest BCUT2D eigenvalue weighted by atomic mass is 32.2. The molecule has 134 valence electrons. The lowest BCUT2D eigenvalue weighted by Gasteiger charge is -2.24. The Morgan fingerprint density at radius 1 is 1.29 bits per heavy atom. The molecule has 0 bridgehead atoms. The molecule has 4 nitrogen and oxygen atoms in total. The molecule has 2 atom stereocenters. The molecule has 1 heterocycles. The molecule has 1 aromatic rings. The second kappa shape index (κ2) is 8.77. The summed E-state index contributed by atoms with van der Waals surface area (Å²) in [6.45, 7) is 6.56. The smallest absolute Gasteiger partial charge is 0.410 e. The summed E-state index contributed by atoms with van der Waals surface area (Å²) in [6, 6.07) is 10.5. The van der Waals surface area contributed by atoms with Gasteiger partial charge in [-0.3, -0.25) is 0 Å². The number of amides is 1. The van der Waals surface area contributed by atoms with Crippen molar-refractivity contribution in [2.75, 3.05) is 18.8 Å². The van der Waals surface area contributed by atoms with Gasteiger partial charge in [0.25, 0.3) is 0 Å². The Kier molecular flexibility index (Phi) is 6.99. The van der Waals surface area contributed by atoms with Gasteiger partial charge in [0.15, 0.2) is 0 Å². The van der Waals surface area contributed by atoms with E-state index in [-0.39, 0.29) is 12.0 Å². The standard InChI is InChI=1S/C19H29NO3S/c1-19(2,3)23-18(22)20-12-16(17(21)13-20)10-7-11-24-14-15-8-5-4-6-9-15/h4-6,8-9,16-17,21H,7,10-14H2,1-3H3/t16-,17-/m1/s1. The Morgan fingerprint density at radius 3 is 2.67 bits per heavy atom. The third-order valence-corrected chi connectivity index (χ3v) is 5.15. The van der Waals surface area contributed by atoms with Crippen LogP contribution in [-0.2, 0) is 10.5 Å². The van der Waals surface area contributed by atoms with E-state index in [1.54, 1.807) is 4.90 Å². The monoisotopic (exact) mass is 351 g/mol. The van der Waals surface area contributed by atoms with Crippen LogP contribution in [0.2, 0.25) is 0 Å². The fraction of sp³-hybridized carbons (Fsp3) is 0.632. The number of hydrogen-bond donors (Lipinski definition) is 1. The summed E-state index contributed by atoms with van der Waals surface area (Å²) >= 11 is 1.92. The number of ether oxygens (including phenoxy) is 1. The third kappa shape index (κ3) is 6.36. The lowest BCUT2D eigenvalue weighted by molar-refractivity contribution is 0.0269. The minimum atomic E-state index is -0.492. The van der Waals surface area contributed by atoms with E-state index in [0.717, 1.165) is 24.3 Å². The van der Waals surface area contributed by atoms with Crippen LogP contribution in [0.3, 0.4) is 0 Å². The van der Waals surface area contributed by atoms with Gasteiger partial charge in [0, 0.05) is 18.2 Å². The van der Waals surface area contributed by atoms with Gasteiger partial charge in [0.1, 0.15) is 5.60 Å². The van der Waals surface area contributed by atoms with Crippen LogP contribution in [0.4, 0.5) is 4.79 Å². The van der Waals surface area contributed by atoms with Gasteiger partial charge in [-0.05, 0) is 44.9 Å². The van der Waals surface area contributed by atoms with Crippen LogP contribution in [0.25, 0.3) is 0 Å². The van der Waals surface area contributed by atoms with Gasteiger partial charge in [-0.25, -0.2) is 4.79 Å². The number of rotatable bonds is 6. The third-order valence-electron chi connectivity index (χ3n) is 4.03. The molecule has 1 aliphatic rings. The summed E-state index contributed by atoms with van der Waals surface area (Å²) in [7, 11) is 0. The van der Waals surface area contributed by atoms with E-state index < -0.39 is 11.7 Å². The summed E-state index contributed by atoms with van der Waals surface area (Å²) in [4.78, 5) is 13.7. The first-order valence-electron chi connectivity index (χ1n) is 8.63. The van der Waals surface area contributed by atoms with Gasteiger partial charge in [0.05, 0.1) is 12.6 Å². The molecule has 1 aromatic carbocycles. The Bertz CT molecular complexity index is 515. The first kappa shape index (κ1) is 19.1. The minimum Gasteiger partial charge on any atom is -0.444 e. The van der Waals surface area contributed by atoms with Crippen molar-refractivity contribution >= 4 is 17.9 Å². The number of aliphatic hydroxyl groups excluding tert-OH is 1. The maximum Gasteiger partial charge on any atom is 0.410 e. The number of benzene rings is 1. The SMILES string of the molecule is CC(C)(C)OC(=O)N1C[C@@H](CCCSCc2ccccc2)[C@H](O)C1. The van der Waals surface area contributed by atoms with Gasteiger partial charge < -0.3 is 14.7 Å². The number of hydrogen-bond acceptors (Lipinski definition) is 4. The molecule has 0 unspecified atom stereocenters. The van der Waals surface area contributed by atoms with Crippen molar-refractivity contribution in [1.82, 2.24) is 4.90 Å². The van der Waals surface area contributed by atoms with E-state index in [4.69, 9.17) is 4.74 Å². The predicted molar refractivity (Wildman–Crippen MR) is 99.1 cm³/mol. The molecular weight excluding hydrogens is 322 g/mol. The van der Waals surface area contributed by atoms with Crippen LogP contribution in [0.1, 0.15) is 39.2 Å². The second-order valence-electron chi connectivity index (χ2n) is 7.39. The molecule has 0 saturated carbocycles. The molecule has 1 N–H and O–H groups in total. The molecule has 1 fully saturated rings. The lowest BCUT2D eigenvalue weighted by atomic mass is 10.0. The molecule has 1 amide bonds. The van der Waals surface area contributed by atoms with E-state index in [9.17, 15) is 9.90 Å². The van der Waals surface area contributed by atoms with Crippen LogP contribution in [0, 0.1) is 5.92 Å². The largest absolute Gasteiger partial charge is 0.444 e. The van der Waals surface area contributed by atoms with E-state index in [1.807, 2.05) is 38.6 Å². The molecule has 24 heavy (non-hydrogen) atoms. The van der Waals surface area contributed by atoms with Crippen LogP contribution in [0.5, 0.6) is 0 Å². The summed E-state index contributed by atoms with van der Waals surface area (Å²) in [5.74, 6) is 2.26. The van der Waals surface area contributed by atoms with Crippen molar-refractivity contribution in [3.05, 3.63) is 35.9 Å². The van der Waals surface area contributed by atoms with Crippen LogP contribution >= 0.6 is 11.8 Å². The summed E-state index contributed by atoms with van der Waals surface area (Å²) < 4.78 is 5.38. The van der Waals surface area contributed by atoms with Gasteiger partial charge in [0.2, 0.25) is 0 Å². The fourth-order valence-corrected chi connectivity index (χ4v) is 3.77. The number of nitrogens with zero attached hydrogens (tertiary/aromatic N) is 1. The highest BCUT2D eigenvalue weighted by Crippen LogP contribution is 2.25. The van der Waals surface area contributed by atoms with Gasteiger partial charge in [-0.2, -0.15) is 11.8 Å². The van der Waals surface area contributed by atoms with E-state index in [2.05, 4.69) is 24.3 Å². The zero-order chi connectivity index (χ0) is 17.6. The number of likely N-dealkylation sites (tertiary alicyclic amines) is 1. The molecule has 5 heteroatoms. The zero-order valence-electron chi connectivity index (χ0n) is 14.9. The molecule has 2 rings (SSSR count). The van der Waals surface area contributed by atoms with Crippen molar-refractivity contribution in [3.8, 4) is 0 Å². The number of aliphatic hydroxyl groups is 1. The number of carbonyl (C=O) groups is 1. The molecule has 0 spiro atoms. The van der Waals surface area contributed by atoms with Crippen LogP contribution in [-0.4, -0.2) is 46.6 Å². The van der Waals surface area contributed by atoms with Crippen molar-refractivity contribution in [2.45, 2.75) is 51.1 Å². The summed E-state index contributed by atoms with van der Waals surface area (Å²) in [6.07, 6.45) is 1.25. The van der Waals surface area contributed by atoms with Crippen molar-refractivity contribution < 1.29 is 14.6 Å². The van der Waals surface area contributed by atoms with Crippen LogP contribution < -0.4 is 0 Å². The molecule has 0 aliphatic carbocycles. The highest BCUT2D eigenvalue weighted by molar-refractivity contribution is 7.98. The topological polar surface area (TPSA) is 49.8 Å². The fourth-order valence-electron chi connectivity index (χ4n) is 2.83. The number of β-amino-alcohol motifs (C(OH)–C–C–N with tert-alkyl or cyclic N) is 1. The van der Waals surface area contributed by atoms with E-state index in [0.29, 0.717) is 13.1 Å². The highest BCUT2D eigenvalue weighted by Gasteiger charge is 2.35. The average molecular weight is 352 g/mol. The second-order valence-corrected chi connectivity index (χ2v) is 8.50. The van der Waals surface area contributed by atoms with Gasteiger partial charge >= 0.3 is 6.09 Å². The first-order valence-corrected chi connectivity index (χ1v) is 9.78. The minimum absolute atomic E-state index is 0.162. The molecule has 0 radical (unpaired) electrons.